The third-order valence-electron chi connectivity index (χ3n) is 5.68. The van der Waals surface area contributed by atoms with E-state index in [2.05, 4.69) is 5.32 Å². The van der Waals surface area contributed by atoms with Gasteiger partial charge >= 0.3 is 0 Å². The molecule has 146 valence electrons. The first-order chi connectivity index (χ1) is 13.5. The number of aryl methyl sites for hydroxylation is 1. The molecule has 2 atom stereocenters. The monoisotopic (exact) mass is 395 g/mol. The summed E-state index contributed by atoms with van der Waals surface area (Å²) in [6.07, 6.45) is 5.22. The van der Waals surface area contributed by atoms with Gasteiger partial charge in [0.1, 0.15) is 0 Å². The zero-order valence-electron chi connectivity index (χ0n) is 16.0. The highest BCUT2D eigenvalue weighted by Crippen LogP contribution is 2.32. The molecule has 1 fully saturated rings. The summed E-state index contributed by atoms with van der Waals surface area (Å²) in [5, 5.41) is 3.19. The Morgan fingerprint density at radius 3 is 2.75 bits per heavy atom. The van der Waals surface area contributed by atoms with Crippen LogP contribution in [0.15, 0.2) is 47.4 Å². The van der Waals surface area contributed by atoms with Crippen LogP contribution in [0.2, 0.25) is 0 Å². The molecule has 28 heavy (non-hydrogen) atoms. The fraction of sp³-hybridized carbons (Fsp3) is 0.364. The van der Waals surface area contributed by atoms with Crippen LogP contribution in [-0.2, 0) is 16.0 Å². The number of anilines is 2. The van der Waals surface area contributed by atoms with Crippen molar-refractivity contribution in [3.05, 3.63) is 53.6 Å². The van der Waals surface area contributed by atoms with E-state index in [4.69, 9.17) is 5.73 Å². The molecule has 6 heteroatoms. The molecule has 2 amide bonds. The van der Waals surface area contributed by atoms with E-state index in [1.54, 1.807) is 16.7 Å². The molecule has 5 nitrogen and oxygen atoms in total. The fourth-order valence-corrected chi connectivity index (χ4v) is 4.58. The molecule has 2 aromatic rings. The molecule has 3 N–H and O–H groups in total. The summed E-state index contributed by atoms with van der Waals surface area (Å²) in [4.78, 5) is 28.3. The van der Waals surface area contributed by atoms with Gasteiger partial charge in [0, 0.05) is 29.2 Å². The molecule has 0 saturated carbocycles. The number of fused-ring (bicyclic) bond motifs is 1. The minimum absolute atomic E-state index is 0.00173. The van der Waals surface area contributed by atoms with Gasteiger partial charge in [0.05, 0.1) is 12.0 Å². The van der Waals surface area contributed by atoms with Crippen LogP contribution in [-0.4, -0.2) is 24.6 Å². The number of nitrogens with zero attached hydrogens (tertiary/aromatic N) is 1. The van der Waals surface area contributed by atoms with Crippen molar-refractivity contribution in [3.63, 3.8) is 0 Å². The molecule has 0 spiro atoms. The summed E-state index contributed by atoms with van der Waals surface area (Å²) in [5.41, 5.74) is 9.89. The van der Waals surface area contributed by atoms with Gasteiger partial charge in [-0.15, -0.1) is 11.8 Å². The minimum atomic E-state index is -0.313. The lowest BCUT2D eigenvalue weighted by Gasteiger charge is -2.27. The number of amides is 2. The number of benzene rings is 2. The molecule has 1 heterocycles. The lowest BCUT2D eigenvalue weighted by molar-refractivity contribution is -0.127. The van der Waals surface area contributed by atoms with Crippen molar-refractivity contribution >= 4 is 35.0 Å². The topological polar surface area (TPSA) is 75.4 Å². The SMILES string of the molecule is CSc1ccc(N2CC(C(=O)NC3CCCc4cc(N)ccc43)CC2=O)cc1. The zero-order valence-corrected chi connectivity index (χ0v) is 16.8. The van der Waals surface area contributed by atoms with Gasteiger partial charge in [0.15, 0.2) is 0 Å². The van der Waals surface area contributed by atoms with Gasteiger partial charge in [-0.25, -0.2) is 0 Å². The van der Waals surface area contributed by atoms with Gasteiger partial charge in [-0.3, -0.25) is 9.59 Å². The third kappa shape index (κ3) is 3.74. The standard InChI is InChI=1S/C22H25N3O2S/c1-28-18-8-6-17(7-9-18)25-13-15(12-21(25)26)22(27)24-20-4-2-3-14-11-16(23)5-10-19(14)20/h5-11,15,20H,2-4,12-13,23H2,1H3,(H,24,27). The number of hydrogen-bond donors (Lipinski definition) is 2. The van der Waals surface area contributed by atoms with Crippen molar-refractivity contribution in [2.45, 2.75) is 36.6 Å². The molecule has 1 aliphatic carbocycles. The van der Waals surface area contributed by atoms with E-state index in [0.29, 0.717) is 6.54 Å². The number of nitrogens with one attached hydrogen (secondary N) is 1. The largest absolute Gasteiger partial charge is 0.399 e. The number of nitrogens with two attached hydrogens (primary N) is 1. The third-order valence-corrected chi connectivity index (χ3v) is 6.42. The smallest absolute Gasteiger partial charge is 0.227 e. The summed E-state index contributed by atoms with van der Waals surface area (Å²) >= 11 is 1.67. The Hall–Kier alpha value is -2.47. The van der Waals surface area contributed by atoms with Crippen molar-refractivity contribution in [1.29, 1.82) is 0 Å². The van der Waals surface area contributed by atoms with Crippen LogP contribution in [0.25, 0.3) is 0 Å². The lowest BCUT2D eigenvalue weighted by atomic mass is 9.87. The van der Waals surface area contributed by atoms with E-state index >= 15 is 0 Å². The van der Waals surface area contributed by atoms with E-state index in [0.717, 1.165) is 41.1 Å². The maximum Gasteiger partial charge on any atom is 0.227 e. The summed E-state index contributed by atoms with van der Waals surface area (Å²) in [5.74, 6) is -0.341. The molecular formula is C22H25N3O2S. The number of carbonyl (C=O) groups excluding carboxylic acids is 2. The number of thioether (sulfide) groups is 1. The second-order valence-electron chi connectivity index (χ2n) is 7.52. The van der Waals surface area contributed by atoms with Gasteiger partial charge < -0.3 is 16.0 Å². The molecule has 1 saturated heterocycles. The van der Waals surface area contributed by atoms with Crippen molar-refractivity contribution < 1.29 is 9.59 Å². The van der Waals surface area contributed by atoms with Crippen LogP contribution in [0, 0.1) is 5.92 Å². The number of rotatable bonds is 4. The lowest BCUT2D eigenvalue weighted by Crippen LogP contribution is -2.36. The van der Waals surface area contributed by atoms with Gasteiger partial charge in [0.2, 0.25) is 11.8 Å². The van der Waals surface area contributed by atoms with Gasteiger partial charge in [-0.1, -0.05) is 6.07 Å². The van der Waals surface area contributed by atoms with Crippen LogP contribution in [0.3, 0.4) is 0 Å². The normalized spacial score (nSPS) is 21.5. The van der Waals surface area contributed by atoms with Gasteiger partial charge in [0.25, 0.3) is 0 Å². The fourth-order valence-electron chi connectivity index (χ4n) is 4.17. The Balaban J connectivity index is 1.44. The Morgan fingerprint density at radius 2 is 2.00 bits per heavy atom. The first-order valence-corrected chi connectivity index (χ1v) is 10.9. The van der Waals surface area contributed by atoms with E-state index in [-0.39, 0.29) is 30.2 Å². The molecular weight excluding hydrogens is 370 g/mol. The van der Waals surface area contributed by atoms with Crippen LogP contribution < -0.4 is 16.0 Å². The van der Waals surface area contributed by atoms with Crippen LogP contribution >= 0.6 is 11.8 Å². The zero-order chi connectivity index (χ0) is 19.7. The summed E-state index contributed by atoms with van der Waals surface area (Å²) in [6.45, 7) is 0.435. The van der Waals surface area contributed by atoms with E-state index < -0.39 is 0 Å². The number of hydrogen-bond acceptors (Lipinski definition) is 4. The Bertz CT molecular complexity index is 897. The van der Waals surface area contributed by atoms with Crippen molar-refractivity contribution in [2.24, 2.45) is 5.92 Å². The highest BCUT2D eigenvalue weighted by Gasteiger charge is 2.36. The first kappa shape index (κ1) is 18.9. The average molecular weight is 396 g/mol. The van der Waals surface area contributed by atoms with Crippen LogP contribution in [0.5, 0.6) is 0 Å². The minimum Gasteiger partial charge on any atom is -0.399 e. The summed E-state index contributed by atoms with van der Waals surface area (Å²) in [7, 11) is 0. The quantitative estimate of drug-likeness (QED) is 0.613. The predicted molar refractivity (Wildman–Crippen MR) is 113 cm³/mol. The Morgan fingerprint density at radius 1 is 1.21 bits per heavy atom. The molecule has 0 radical (unpaired) electrons. The molecule has 2 aliphatic rings. The van der Waals surface area contributed by atoms with Crippen LogP contribution in [0.1, 0.15) is 36.4 Å². The second-order valence-corrected chi connectivity index (χ2v) is 8.39. The Labute approximate surface area is 169 Å². The molecule has 0 aromatic heterocycles. The van der Waals surface area contributed by atoms with Gasteiger partial charge in [-0.05, 0) is 73.0 Å². The van der Waals surface area contributed by atoms with Crippen LogP contribution in [0.4, 0.5) is 11.4 Å². The van der Waals surface area contributed by atoms with Gasteiger partial charge in [-0.2, -0.15) is 0 Å². The Kier molecular flexibility index (Phi) is 5.31. The number of carbonyl (C=O) groups is 2. The molecule has 4 rings (SSSR count). The van der Waals surface area contributed by atoms with Crippen molar-refractivity contribution in [3.8, 4) is 0 Å². The highest BCUT2D eigenvalue weighted by molar-refractivity contribution is 7.98. The van der Waals surface area contributed by atoms with E-state index in [9.17, 15) is 9.59 Å². The van der Waals surface area contributed by atoms with Crippen molar-refractivity contribution in [2.75, 3.05) is 23.4 Å². The second kappa shape index (κ2) is 7.87. The number of nitrogen functional groups attached to an aromatic ring is 1. The summed E-state index contributed by atoms with van der Waals surface area (Å²) < 4.78 is 0. The van der Waals surface area contributed by atoms with E-state index in [1.165, 1.54) is 5.56 Å². The summed E-state index contributed by atoms with van der Waals surface area (Å²) in [6, 6.07) is 13.8. The molecule has 2 aromatic carbocycles. The maximum absolute atomic E-state index is 12.9. The first-order valence-electron chi connectivity index (χ1n) is 9.68. The van der Waals surface area contributed by atoms with E-state index in [1.807, 2.05) is 48.7 Å². The predicted octanol–water partition coefficient (Wildman–Crippen LogP) is 3.54. The maximum atomic E-state index is 12.9. The molecule has 1 aliphatic heterocycles. The van der Waals surface area contributed by atoms with Crippen molar-refractivity contribution in [1.82, 2.24) is 5.32 Å². The average Bonchev–Trinajstić information content (AvgIpc) is 3.10. The molecule has 0 bridgehead atoms. The highest BCUT2D eigenvalue weighted by atomic mass is 32.2. The molecule has 2 unspecified atom stereocenters.